The van der Waals surface area contributed by atoms with E-state index in [1.807, 2.05) is 44.9 Å². The molecule has 0 aliphatic rings. The van der Waals surface area contributed by atoms with Crippen LogP contribution in [0, 0.1) is 0 Å². The molecule has 0 atom stereocenters. The number of anilines is 1. The number of hydrogen-bond donors (Lipinski definition) is 0. The molecular formula is C18H33NO3Si2. The lowest BCUT2D eigenvalue weighted by Gasteiger charge is -2.27. The maximum atomic E-state index is 12.0. The third-order valence-electron chi connectivity index (χ3n) is 3.89. The first-order chi connectivity index (χ1) is 11.1. The quantitative estimate of drug-likeness (QED) is 0.571. The zero-order valence-electron chi connectivity index (χ0n) is 16.1. The molecular weight excluding hydrogens is 334 g/mol. The van der Waals surface area contributed by atoms with Gasteiger partial charge < -0.3 is 13.8 Å². The summed E-state index contributed by atoms with van der Waals surface area (Å²) < 4.78 is 11.2. The third kappa shape index (κ3) is 8.66. The Morgan fingerprint density at radius 1 is 1.04 bits per heavy atom. The van der Waals surface area contributed by atoms with Crippen molar-refractivity contribution < 1.29 is 13.6 Å². The molecule has 1 aromatic rings. The second-order valence-corrected chi connectivity index (χ2v) is 16.6. The van der Waals surface area contributed by atoms with Crippen LogP contribution < -0.4 is 4.90 Å². The van der Waals surface area contributed by atoms with Gasteiger partial charge in [0, 0.05) is 25.9 Å². The number of carbonyl (C=O) groups is 1. The van der Waals surface area contributed by atoms with Crippen molar-refractivity contribution in [2.45, 2.75) is 51.6 Å². The summed E-state index contributed by atoms with van der Waals surface area (Å²) in [5.74, 6) is -0.0818. The molecule has 136 valence electrons. The number of carbonyl (C=O) groups excluding carboxylic acids is 1. The molecule has 1 aromatic carbocycles. The van der Waals surface area contributed by atoms with Crippen LogP contribution in [0.1, 0.15) is 12.8 Å². The molecule has 24 heavy (non-hydrogen) atoms. The number of benzene rings is 1. The van der Waals surface area contributed by atoms with E-state index in [1.54, 1.807) is 0 Å². The maximum Gasteiger partial charge on any atom is 0.294 e. The van der Waals surface area contributed by atoms with Crippen LogP contribution in [0.25, 0.3) is 0 Å². The number of nitrogens with zero attached hydrogens (tertiary/aromatic N) is 1. The fraction of sp³-hybridized carbons (Fsp3) is 0.611. The maximum absolute atomic E-state index is 12.0. The predicted molar refractivity (Wildman–Crippen MR) is 107 cm³/mol. The summed E-state index contributed by atoms with van der Waals surface area (Å²) in [7, 11) is -1.53. The molecule has 0 saturated heterocycles. The molecule has 0 unspecified atom stereocenters. The van der Waals surface area contributed by atoms with Crippen LogP contribution in [-0.4, -0.2) is 42.8 Å². The van der Waals surface area contributed by atoms with Crippen LogP contribution in [0.15, 0.2) is 30.3 Å². The van der Waals surface area contributed by atoms with E-state index < -0.39 is 16.6 Å². The Bertz CT molecular complexity index is 501. The van der Waals surface area contributed by atoms with Gasteiger partial charge in [0.05, 0.1) is 6.42 Å². The zero-order valence-corrected chi connectivity index (χ0v) is 18.1. The minimum Gasteiger partial charge on any atom is -0.520 e. The van der Waals surface area contributed by atoms with Gasteiger partial charge in [0.25, 0.3) is 5.97 Å². The Kier molecular flexibility index (Phi) is 8.19. The van der Waals surface area contributed by atoms with E-state index in [2.05, 4.69) is 30.1 Å². The van der Waals surface area contributed by atoms with Crippen molar-refractivity contribution in [2.24, 2.45) is 0 Å². The van der Waals surface area contributed by atoms with E-state index >= 15 is 0 Å². The first-order valence-corrected chi connectivity index (χ1v) is 15.2. The van der Waals surface area contributed by atoms with Gasteiger partial charge in [0.1, 0.15) is 0 Å². The standard InChI is InChI=1S/C18H33NO3Si2/c1-21-24(5,6)16-10-14-19(17-11-8-7-9-12-17)15-13-18(20)22-23(2,3)4/h7-9,11-12H,10,13-16H2,1-6H3. The Morgan fingerprint density at radius 2 is 1.67 bits per heavy atom. The average Bonchev–Trinajstić information content (AvgIpc) is 2.49. The Balaban J connectivity index is 2.61. The van der Waals surface area contributed by atoms with Crippen molar-refractivity contribution >= 4 is 28.3 Å². The topological polar surface area (TPSA) is 38.8 Å². The van der Waals surface area contributed by atoms with Gasteiger partial charge in [-0.2, -0.15) is 0 Å². The summed E-state index contributed by atoms with van der Waals surface area (Å²) in [5, 5.41) is 0. The molecule has 0 spiro atoms. The highest BCUT2D eigenvalue weighted by Crippen LogP contribution is 2.18. The molecule has 0 fully saturated rings. The number of hydrogen-bond acceptors (Lipinski definition) is 4. The zero-order chi connectivity index (χ0) is 18.2. The van der Waals surface area contributed by atoms with Gasteiger partial charge in [-0.25, -0.2) is 0 Å². The Hall–Kier alpha value is -1.12. The van der Waals surface area contributed by atoms with E-state index in [9.17, 15) is 4.79 Å². The fourth-order valence-corrected chi connectivity index (χ4v) is 4.42. The second-order valence-electron chi connectivity index (χ2n) is 7.73. The predicted octanol–water partition coefficient (Wildman–Crippen LogP) is 4.50. The van der Waals surface area contributed by atoms with Crippen LogP contribution in [0.4, 0.5) is 5.69 Å². The van der Waals surface area contributed by atoms with E-state index in [0.717, 1.165) is 24.7 Å². The summed E-state index contributed by atoms with van der Waals surface area (Å²) in [4.78, 5) is 14.3. The first kappa shape index (κ1) is 20.9. The lowest BCUT2D eigenvalue weighted by atomic mass is 10.2. The average molecular weight is 368 g/mol. The summed E-state index contributed by atoms with van der Waals surface area (Å²) in [5.41, 5.74) is 1.16. The second kappa shape index (κ2) is 9.39. The molecule has 0 aromatic heterocycles. The molecule has 0 radical (unpaired) electrons. The molecule has 0 amide bonds. The van der Waals surface area contributed by atoms with Crippen molar-refractivity contribution in [2.75, 3.05) is 25.1 Å². The number of para-hydroxylation sites is 1. The molecule has 0 N–H and O–H groups in total. The van der Waals surface area contributed by atoms with Crippen molar-refractivity contribution in [1.29, 1.82) is 0 Å². The van der Waals surface area contributed by atoms with E-state index in [-0.39, 0.29) is 5.97 Å². The van der Waals surface area contributed by atoms with E-state index in [0.29, 0.717) is 13.0 Å². The SMILES string of the molecule is CO[Si](C)(C)CCCN(CCC(=O)O[Si](C)(C)C)c1ccccc1. The van der Waals surface area contributed by atoms with Crippen molar-refractivity contribution in [3.05, 3.63) is 30.3 Å². The summed E-state index contributed by atoms with van der Waals surface area (Å²) >= 11 is 0. The van der Waals surface area contributed by atoms with Gasteiger partial charge in [-0.3, -0.25) is 4.79 Å². The molecule has 4 nitrogen and oxygen atoms in total. The molecule has 1 rings (SSSR count). The monoisotopic (exact) mass is 367 g/mol. The molecule has 6 heteroatoms. The van der Waals surface area contributed by atoms with Crippen LogP contribution in [-0.2, 0) is 13.6 Å². The lowest BCUT2D eigenvalue weighted by molar-refractivity contribution is -0.134. The van der Waals surface area contributed by atoms with E-state index in [4.69, 9.17) is 8.85 Å². The molecule has 0 heterocycles. The van der Waals surface area contributed by atoms with Crippen LogP contribution in [0.5, 0.6) is 0 Å². The first-order valence-electron chi connectivity index (χ1n) is 8.70. The summed E-state index contributed by atoms with van der Waals surface area (Å²) in [6.07, 6.45) is 1.51. The summed E-state index contributed by atoms with van der Waals surface area (Å²) in [6.45, 7) is 12.2. The van der Waals surface area contributed by atoms with Gasteiger partial charge in [-0.1, -0.05) is 18.2 Å². The lowest BCUT2D eigenvalue weighted by Crippen LogP contribution is -2.34. The fourth-order valence-electron chi connectivity index (χ4n) is 2.43. The summed E-state index contributed by atoms with van der Waals surface area (Å²) in [6, 6.07) is 11.4. The molecule has 0 saturated carbocycles. The van der Waals surface area contributed by atoms with Crippen molar-refractivity contribution in [3.63, 3.8) is 0 Å². The highest BCUT2D eigenvalue weighted by molar-refractivity contribution is 6.71. The minimum atomic E-state index is -1.81. The number of rotatable bonds is 10. The Labute approximate surface area is 149 Å². The molecule has 0 bridgehead atoms. The van der Waals surface area contributed by atoms with Gasteiger partial charge in [0.15, 0.2) is 8.32 Å². The van der Waals surface area contributed by atoms with Crippen LogP contribution >= 0.6 is 0 Å². The van der Waals surface area contributed by atoms with Gasteiger partial charge in [0.2, 0.25) is 8.32 Å². The smallest absolute Gasteiger partial charge is 0.294 e. The highest BCUT2D eigenvalue weighted by Gasteiger charge is 2.22. The van der Waals surface area contributed by atoms with Gasteiger partial charge >= 0.3 is 0 Å². The van der Waals surface area contributed by atoms with Crippen LogP contribution in [0.3, 0.4) is 0 Å². The third-order valence-corrected chi connectivity index (χ3v) is 7.39. The van der Waals surface area contributed by atoms with Crippen molar-refractivity contribution in [1.82, 2.24) is 0 Å². The van der Waals surface area contributed by atoms with Gasteiger partial charge in [-0.05, 0) is 57.3 Å². The van der Waals surface area contributed by atoms with Gasteiger partial charge in [-0.15, -0.1) is 0 Å². The molecule has 0 aliphatic carbocycles. The molecule has 0 aliphatic heterocycles. The highest BCUT2D eigenvalue weighted by atomic mass is 28.4. The van der Waals surface area contributed by atoms with Crippen molar-refractivity contribution in [3.8, 4) is 0 Å². The minimum absolute atomic E-state index is 0.0818. The van der Waals surface area contributed by atoms with Crippen LogP contribution in [0.2, 0.25) is 38.8 Å². The van der Waals surface area contributed by atoms with E-state index in [1.165, 1.54) is 0 Å². The normalized spacial score (nSPS) is 12.1. The largest absolute Gasteiger partial charge is 0.520 e. The Morgan fingerprint density at radius 3 is 2.21 bits per heavy atom.